The minimum atomic E-state index is -0.760. The molecule has 0 saturated carbocycles. The Labute approximate surface area is 270 Å². The van der Waals surface area contributed by atoms with Crippen LogP contribution in [0.1, 0.15) is 101 Å². The van der Waals surface area contributed by atoms with Gasteiger partial charge in [-0.05, 0) is 102 Å². The van der Waals surface area contributed by atoms with Crippen molar-refractivity contribution in [3.8, 4) is 0 Å². The molecule has 6 rings (SSSR count). The molecule has 8 nitrogen and oxygen atoms in total. The molecule has 4 aliphatic heterocycles. The largest absolute Gasteiger partial charge is 0.459 e. The highest BCUT2D eigenvalue weighted by Gasteiger charge is 2.31. The summed E-state index contributed by atoms with van der Waals surface area (Å²) < 4.78 is 22.4. The number of aliphatic hydroxyl groups excluding tert-OH is 2. The quantitative estimate of drug-likeness (QED) is 0.255. The molecular formula is C38H44O8. The zero-order chi connectivity index (χ0) is 33.1. The van der Waals surface area contributed by atoms with Crippen LogP contribution < -0.4 is 0 Å². The van der Waals surface area contributed by atoms with Gasteiger partial charge < -0.3 is 28.5 Å². The third-order valence-corrected chi connectivity index (χ3v) is 8.99. The molecule has 0 spiro atoms. The Hall–Kier alpha value is -4.14. The van der Waals surface area contributed by atoms with Crippen LogP contribution in [0.3, 0.4) is 0 Å². The zero-order valence-electron chi connectivity index (χ0n) is 27.1. The van der Waals surface area contributed by atoms with Crippen molar-refractivity contribution < 1.29 is 38.1 Å². The second kappa shape index (κ2) is 14.1. The number of ether oxygens (including phenoxy) is 2. The number of rotatable bonds is 2. The van der Waals surface area contributed by atoms with Crippen LogP contribution in [0, 0.1) is 11.8 Å². The Balaban J connectivity index is 0.000000181. The van der Waals surface area contributed by atoms with Crippen LogP contribution in [-0.4, -0.2) is 34.4 Å². The number of hydrogen-bond donors (Lipinski definition) is 2. The lowest BCUT2D eigenvalue weighted by molar-refractivity contribution is -0.140. The molecular weight excluding hydrogens is 584 g/mol. The van der Waals surface area contributed by atoms with Crippen molar-refractivity contribution in [2.75, 3.05) is 0 Å². The standard InChI is InChI=1S/2C19H22O4/c2*1-11(2)16-6-4-13-10-15(23-19(13)21)9-12(3)8-14-5-7-17(22-14)18(16)20/h2*5,7-8,10,15-16,18,20H,1,4,6,9H2,2-3H3/b2*12-8-/t2*15-,16-,18-/m00/s1. The van der Waals surface area contributed by atoms with E-state index in [0.717, 1.165) is 22.3 Å². The summed E-state index contributed by atoms with van der Waals surface area (Å²) in [6.45, 7) is 15.7. The van der Waals surface area contributed by atoms with Crippen molar-refractivity contribution in [3.63, 3.8) is 0 Å². The van der Waals surface area contributed by atoms with Crippen molar-refractivity contribution in [1.82, 2.24) is 0 Å². The minimum Gasteiger partial charge on any atom is -0.459 e. The molecule has 0 unspecified atom stereocenters. The molecule has 244 valence electrons. The summed E-state index contributed by atoms with van der Waals surface area (Å²) in [5.74, 6) is 1.67. The fraction of sp³-hybridized carbons (Fsp3) is 0.421. The topological polar surface area (TPSA) is 119 Å². The number of carbonyl (C=O) groups excluding carboxylic acids is 2. The Bertz CT molecular complexity index is 1500. The summed E-state index contributed by atoms with van der Waals surface area (Å²) in [4.78, 5) is 24.0. The average molecular weight is 629 g/mol. The highest BCUT2D eigenvalue weighted by Crippen LogP contribution is 2.37. The number of carbonyl (C=O) groups is 2. The second-order valence-electron chi connectivity index (χ2n) is 13.0. The van der Waals surface area contributed by atoms with E-state index in [1.54, 1.807) is 12.1 Å². The fourth-order valence-corrected chi connectivity index (χ4v) is 6.47. The fourth-order valence-electron chi connectivity index (χ4n) is 6.47. The van der Waals surface area contributed by atoms with Crippen molar-refractivity contribution in [2.45, 2.75) is 90.6 Å². The summed E-state index contributed by atoms with van der Waals surface area (Å²) in [5, 5.41) is 21.3. The predicted molar refractivity (Wildman–Crippen MR) is 175 cm³/mol. The first-order valence-electron chi connectivity index (χ1n) is 15.9. The third kappa shape index (κ3) is 7.80. The summed E-state index contributed by atoms with van der Waals surface area (Å²) >= 11 is 0. The first-order chi connectivity index (χ1) is 21.9. The van der Waals surface area contributed by atoms with Crippen LogP contribution in [0.25, 0.3) is 12.2 Å². The lowest BCUT2D eigenvalue weighted by atomic mass is 9.87. The molecule has 0 fully saturated rings. The highest BCUT2D eigenvalue weighted by atomic mass is 16.6. The van der Waals surface area contributed by atoms with Crippen LogP contribution in [0.2, 0.25) is 0 Å². The summed E-state index contributed by atoms with van der Waals surface area (Å²) in [6.07, 6.45) is 9.42. The van der Waals surface area contributed by atoms with E-state index in [9.17, 15) is 19.8 Å². The van der Waals surface area contributed by atoms with Gasteiger partial charge in [-0.2, -0.15) is 0 Å². The summed E-state index contributed by atoms with van der Waals surface area (Å²) in [7, 11) is 0. The molecule has 2 N–H and O–H groups in total. The van der Waals surface area contributed by atoms with Crippen LogP contribution >= 0.6 is 0 Å². The maximum absolute atomic E-state index is 12.0. The third-order valence-electron chi connectivity index (χ3n) is 8.99. The number of aliphatic hydroxyl groups is 2. The van der Waals surface area contributed by atoms with Crippen LogP contribution in [0.15, 0.2) is 91.8 Å². The predicted octanol–water partition coefficient (Wildman–Crippen LogP) is 7.89. The maximum Gasteiger partial charge on any atom is 0.334 e. The number of hydrogen-bond acceptors (Lipinski definition) is 8. The Kier molecular flexibility index (Phi) is 10.2. The van der Waals surface area contributed by atoms with Gasteiger partial charge in [0.2, 0.25) is 0 Å². The van der Waals surface area contributed by atoms with Gasteiger partial charge in [0.15, 0.2) is 0 Å². The first kappa shape index (κ1) is 33.2. The van der Waals surface area contributed by atoms with Gasteiger partial charge in [0.1, 0.15) is 47.5 Å². The molecule has 0 aliphatic carbocycles. The van der Waals surface area contributed by atoms with Crippen LogP contribution in [-0.2, 0) is 19.1 Å². The number of fused-ring (bicyclic) bond motifs is 6. The SMILES string of the molecule is C=C(C)[C@@H]1CCC2=C[C@H](C/C(C)=C\c3ccc(o3)[C@H]1O)OC2=O.C=C(C)[C@@H]1CCC2=C[C@H](C/C(C)=C\c3ccc(o3)[C@H]1O)OC2=O. The average Bonchev–Trinajstić information content (AvgIpc) is 3.77. The number of furan rings is 2. The molecule has 6 atom stereocenters. The molecule has 0 aromatic carbocycles. The lowest BCUT2D eigenvalue weighted by Gasteiger charge is -2.21. The number of esters is 2. The van der Waals surface area contributed by atoms with E-state index in [1.165, 1.54) is 0 Å². The van der Waals surface area contributed by atoms with E-state index in [-0.39, 0.29) is 36.0 Å². The monoisotopic (exact) mass is 628 g/mol. The Morgan fingerprint density at radius 1 is 0.696 bits per heavy atom. The Morgan fingerprint density at radius 2 is 1.09 bits per heavy atom. The highest BCUT2D eigenvalue weighted by molar-refractivity contribution is 5.91. The van der Waals surface area contributed by atoms with Gasteiger partial charge in [0.25, 0.3) is 0 Å². The van der Waals surface area contributed by atoms with Crippen molar-refractivity contribution in [1.29, 1.82) is 0 Å². The van der Waals surface area contributed by atoms with Gasteiger partial charge in [0, 0.05) is 35.8 Å². The van der Waals surface area contributed by atoms with Crippen molar-refractivity contribution in [3.05, 3.63) is 106 Å². The van der Waals surface area contributed by atoms with Gasteiger partial charge in [-0.3, -0.25) is 0 Å². The molecule has 2 aromatic rings. The van der Waals surface area contributed by atoms with E-state index in [1.807, 2.05) is 64.1 Å². The summed E-state index contributed by atoms with van der Waals surface area (Å²) in [5.41, 5.74) is 5.26. The molecule has 8 bridgehead atoms. The van der Waals surface area contributed by atoms with Crippen LogP contribution in [0.4, 0.5) is 0 Å². The first-order valence-corrected chi connectivity index (χ1v) is 15.9. The van der Waals surface area contributed by atoms with Gasteiger partial charge in [-0.15, -0.1) is 0 Å². The zero-order valence-corrected chi connectivity index (χ0v) is 27.1. The molecule has 0 amide bonds. The van der Waals surface area contributed by atoms with E-state index in [2.05, 4.69) is 13.2 Å². The van der Waals surface area contributed by atoms with E-state index in [4.69, 9.17) is 18.3 Å². The second-order valence-corrected chi connectivity index (χ2v) is 13.0. The molecule has 8 heteroatoms. The Morgan fingerprint density at radius 3 is 1.46 bits per heavy atom. The van der Waals surface area contributed by atoms with Gasteiger partial charge in [-0.25, -0.2) is 9.59 Å². The molecule has 4 aliphatic rings. The lowest BCUT2D eigenvalue weighted by Crippen LogP contribution is -2.14. The van der Waals surface area contributed by atoms with Gasteiger partial charge in [-0.1, -0.05) is 35.5 Å². The normalized spacial score (nSPS) is 30.2. The van der Waals surface area contributed by atoms with Crippen molar-refractivity contribution in [2.24, 2.45) is 11.8 Å². The van der Waals surface area contributed by atoms with Gasteiger partial charge >= 0.3 is 11.9 Å². The van der Waals surface area contributed by atoms with Gasteiger partial charge in [0.05, 0.1) is 0 Å². The van der Waals surface area contributed by atoms with E-state index >= 15 is 0 Å². The molecule has 0 saturated heterocycles. The molecule has 2 aromatic heterocycles. The minimum absolute atomic E-state index is 0.160. The molecule has 0 radical (unpaired) electrons. The smallest absolute Gasteiger partial charge is 0.334 e. The van der Waals surface area contributed by atoms with E-state index < -0.39 is 12.2 Å². The maximum atomic E-state index is 12.0. The van der Waals surface area contributed by atoms with E-state index in [0.29, 0.717) is 72.7 Å². The van der Waals surface area contributed by atoms with Crippen molar-refractivity contribution >= 4 is 24.1 Å². The molecule has 6 heterocycles. The van der Waals surface area contributed by atoms with Crippen LogP contribution in [0.5, 0.6) is 0 Å². The summed E-state index contributed by atoms with van der Waals surface area (Å²) in [6, 6.07) is 7.32. The molecule has 46 heavy (non-hydrogen) atoms.